The van der Waals surface area contributed by atoms with Gasteiger partial charge in [-0.3, -0.25) is 0 Å². The SMILES string of the molecule is CCNCc1cc(Cl)ccc1N(C)CCS(C)(=O)=O. The molecule has 0 bridgehead atoms. The maximum atomic E-state index is 11.2. The van der Waals surface area contributed by atoms with Crippen molar-refractivity contribution in [1.82, 2.24) is 5.32 Å². The van der Waals surface area contributed by atoms with Gasteiger partial charge in [0.2, 0.25) is 0 Å². The van der Waals surface area contributed by atoms with E-state index in [9.17, 15) is 8.42 Å². The fraction of sp³-hybridized carbons (Fsp3) is 0.538. The van der Waals surface area contributed by atoms with E-state index in [4.69, 9.17) is 11.6 Å². The topological polar surface area (TPSA) is 49.4 Å². The van der Waals surface area contributed by atoms with Crippen molar-refractivity contribution in [2.45, 2.75) is 13.5 Å². The lowest BCUT2D eigenvalue weighted by Crippen LogP contribution is -2.26. The second kappa shape index (κ2) is 7.12. The van der Waals surface area contributed by atoms with E-state index in [1.54, 1.807) is 0 Å². The van der Waals surface area contributed by atoms with Crippen molar-refractivity contribution in [3.8, 4) is 0 Å². The van der Waals surface area contributed by atoms with Crippen LogP contribution in [-0.2, 0) is 16.4 Å². The lowest BCUT2D eigenvalue weighted by Gasteiger charge is -2.22. The van der Waals surface area contributed by atoms with E-state index in [0.717, 1.165) is 24.3 Å². The molecule has 1 aromatic rings. The second-order valence-electron chi connectivity index (χ2n) is 4.60. The minimum atomic E-state index is -2.95. The van der Waals surface area contributed by atoms with E-state index < -0.39 is 9.84 Å². The highest BCUT2D eigenvalue weighted by atomic mass is 35.5. The summed E-state index contributed by atoms with van der Waals surface area (Å²) in [6.45, 7) is 4.10. The molecule has 0 atom stereocenters. The summed E-state index contributed by atoms with van der Waals surface area (Å²) in [5, 5.41) is 3.94. The summed E-state index contributed by atoms with van der Waals surface area (Å²) in [4.78, 5) is 1.95. The van der Waals surface area contributed by atoms with Crippen molar-refractivity contribution >= 4 is 27.1 Å². The summed E-state index contributed by atoms with van der Waals surface area (Å²) in [6.07, 6.45) is 1.25. The fourth-order valence-corrected chi connectivity index (χ4v) is 2.55. The van der Waals surface area contributed by atoms with Gasteiger partial charge in [-0.25, -0.2) is 8.42 Å². The van der Waals surface area contributed by atoms with Gasteiger partial charge >= 0.3 is 0 Å². The number of benzene rings is 1. The molecule has 0 aliphatic rings. The van der Waals surface area contributed by atoms with Crippen LogP contribution in [0, 0.1) is 0 Å². The predicted octanol–water partition coefficient (Wildman–Crippen LogP) is 1.93. The highest BCUT2D eigenvalue weighted by Gasteiger charge is 2.10. The Morgan fingerprint density at radius 1 is 1.37 bits per heavy atom. The largest absolute Gasteiger partial charge is 0.373 e. The van der Waals surface area contributed by atoms with Crippen molar-refractivity contribution in [1.29, 1.82) is 0 Å². The molecule has 4 nitrogen and oxygen atoms in total. The molecule has 1 rings (SSSR count). The van der Waals surface area contributed by atoms with Gasteiger partial charge in [0.1, 0.15) is 9.84 Å². The van der Waals surface area contributed by atoms with E-state index in [-0.39, 0.29) is 5.75 Å². The predicted molar refractivity (Wildman–Crippen MR) is 81.8 cm³/mol. The van der Waals surface area contributed by atoms with Crippen LogP contribution in [0.25, 0.3) is 0 Å². The molecule has 19 heavy (non-hydrogen) atoms. The number of hydrogen-bond acceptors (Lipinski definition) is 4. The summed E-state index contributed by atoms with van der Waals surface area (Å²) < 4.78 is 22.4. The highest BCUT2D eigenvalue weighted by molar-refractivity contribution is 7.90. The smallest absolute Gasteiger partial charge is 0.149 e. The number of halogens is 1. The summed E-state index contributed by atoms with van der Waals surface area (Å²) in [6, 6.07) is 5.66. The van der Waals surface area contributed by atoms with Crippen molar-refractivity contribution in [3.63, 3.8) is 0 Å². The molecule has 108 valence electrons. The third kappa shape index (κ3) is 5.80. The molecule has 1 N–H and O–H groups in total. The Bertz CT molecular complexity index is 517. The van der Waals surface area contributed by atoms with Crippen LogP contribution in [0.1, 0.15) is 12.5 Å². The molecular weight excluding hydrogens is 284 g/mol. The van der Waals surface area contributed by atoms with Crippen LogP contribution in [0.3, 0.4) is 0 Å². The van der Waals surface area contributed by atoms with Gasteiger partial charge in [-0.15, -0.1) is 0 Å². The molecule has 0 radical (unpaired) electrons. The van der Waals surface area contributed by atoms with Crippen LogP contribution < -0.4 is 10.2 Å². The van der Waals surface area contributed by atoms with Crippen LogP contribution in [0.5, 0.6) is 0 Å². The monoisotopic (exact) mass is 304 g/mol. The third-order valence-electron chi connectivity index (χ3n) is 2.82. The van der Waals surface area contributed by atoms with Gasteiger partial charge < -0.3 is 10.2 Å². The Morgan fingerprint density at radius 2 is 2.05 bits per heavy atom. The normalized spacial score (nSPS) is 11.6. The van der Waals surface area contributed by atoms with Gasteiger partial charge in [0.25, 0.3) is 0 Å². The van der Waals surface area contributed by atoms with Crippen molar-refractivity contribution < 1.29 is 8.42 Å². The standard InChI is InChI=1S/C13H21ClN2O2S/c1-4-15-10-11-9-12(14)5-6-13(11)16(2)7-8-19(3,17)18/h5-6,9,15H,4,7-8,10H2,1-3H3. The molecule has 0 aliphatic heterocycles. The zero-order valence-corrected chi connectivity index (χ0v) is 13.2. The molecule has 6 heteroatoms. The van der Waals surface area contributed by atoms with E-state index >= 15 is 0 Å². The van der Waals surface area contributed by atoms with Crippen LogP contribution >= 0.6 is 11.6 Å². The van der Waals surface area contributed by atoms with Crippen molar-refractivity contribution in [3.05, 3.63) is 28.8 Å². The number of nitrogens with one attached hydrogen (secondary N) is 1. The van der Waals surface area contributed by atoms with Crippen molar-refractivity contribution in [2.24, 2.45) is 0 Å². The summed E-state index contributed by atoms with van der Waals surface area (Å²) in [5.74, 6) is 0.146. The fourth-order valence-electron chi connectivity index (χ4n) is 1.75. The van der Waals surface area contributed by atoms with Crippen LogP contribution in [0.4, 0.5) is 5.69 Å². The number of sulfone groups is 1. The van der Waals surface area contributed by atoms with Gasteiger partial charge in [0.15, 0.2) is 0 Å². The molecule has 0 fully saturated rings. The van der Waals surface area contributed by atoms with E-state index in [0.29, 0.717) is 11.6 Å². The average molecular weight is 305 g/mol. The van der Waals surface area contributed by atoms with E-state index in [1.807, 2.05) is 37.1 Å². The number of rotatable bonds is 7. The zero-order chi connectivity index (χ0) is 14.5. The molecular formula is C13H21ClN2O2S. The minimum Gasteiger partial charge on any atom is -0.373 e. The molecule has 0 saturated carbocycles. The lowest BCUT2D eigenvalue weighted by atomic mass is 10.1. The first-order valence-electron chi connectivity index (χ1n) is 6.21. The summed E-state index contributed by atoms with van der Waals surface area (Å²) >= 11 is 6.01. The first-order chi connectivity index (χ1) is 8.83. The zero-order valence-electron chi connectivity index (χ0n) is 11.6. The molecule has 0 unspecified atom stereocenters. The Kier molecular flexibility index (Phi) is 6.10. The molecule has 1 aromatic carbocycles. The Morgan fingerprint density at radius 3 is 2.63 bits per heavy atom. The van der Waals surface area contributed by atoms with Gasteiger partial charge in [-0.2, -0.15) is 0 Å². The van der Waals surface area contributed by atoms with Crippen LogP contribution in [-0.4, -0.2) is 40.6 Å². The van der Waals surface area contributed by atoms with Gasteiger partial charge in [0.05, 0.1) is 5.75 Å². The maximum Gasteiger partial charge on any atom is 0.149 e. The first kappa shape index (κ1) is 16.3. The molecule has 0 aliphatic carbocycles. The van der Waals surface area contributed by atoms with Crippen LogP contribution in [0.2, 0.25) is 5.02 Å². The van der Waals surface area contributed by atoms with Crippen LogP contribution in [0.15, 0.2) is 18.2 Å². The molecule has 0 amide bonds. The van der Waals surface area contributed by atoms with Crippen molar-refractivity contribution in [2.75, 3.05) is 37.0 Å². The Balaban J connectivity index is 2.85. The maximum absolute atomic E-state index is 11.2. The highest BCUT2D eigenvalue weighted by Crippen LogP contribution is 2.23. The summed E-state index contributed by atoms with van der Waals surface area (Å²) in [7, 11) is -1.06. The third-order valence-corrected chi connectivity index (χ3v) is 3.97. The molecule has 0 heterocycles. The minimum absolute atomic E-state index is 0.146. The summed E-state index contributed by atoms with van der Waals surface area (Å²) in [5.41, 5.74) is 2.08. The van der Waals surface area contributed by atoms with Gasteiger partial charge in [-0.1, -0.05) is 18.5 Å². The molecule has 0 aromatic heterocycles. The van der Waals surface area contributed by atoms with Gasteiger partial charge in [0, 0.05) is 37.1 Å². The number of nitrogens with zero attached hydrogens (tertiary/aromatic N) is 1. The first-order valence-corrected chi connectivity index (χ1v) is 8.65. The number of anilines is 1. The Labute approximate surface area is 120 Å². The second-order valence-corrected chi connectivity index (χ2v) is 7.30. The van der Waals surface area contributed by atoms with Gasteiger partial charge in [-0.05, 0) is 30.3 Å². The van der Waals surface area contributed by atoms with E-state index in [2.05, 4.69) is 5.32 Å². The average Bonchev–Trinajstić information content (AvgIpc) is 2.32. The quantitative estimate of drug-likeness (QED) is 0.836. The lowest BCUT2D eigenvalue weighted by molar-refractivity contribution is 0.601. The Hall–Kier alpha value is -0.780. The number of hydrogen-bond donors (Lipinski definition) is 1. The molecule has 0 spiro atoms. The molecule has 0 saturated heterocycles. The van der Waals surface area contributed by atoms with E-state index in [1.165, 1.54) is 6.26 Å².